The Morgan fingerprint density at radius 3 is 2.57 bits per heavy atom. The maximum absolute atomic E-state index is 13.4. The van der Waals surface area contributed by atoms with Gasteiger partial charge < -0.3 is 4.74 Å². The Morgan fingerprint density at radius 1 is 1.18 bits per heavy atom. The zero-order chi connectivity index (χ0) is 20.3. The summed E-state index contributed by atoms with van der Waals surface area (Å²) >= 11 is 0. The number of hydrogen-bond donors (Lipinski definition) is 0. The molecule has 0 spiro atoms. The van der Waals surface area contributed by atoms with Crippen molar-refractivity contribution in [2.75, 3.05) is 17.5 Å². The summed E-state index contributed by atoms with van der Waals surface area (Å²) in [4.78, 5) is 16.3. The highest BCUT2D eigenvalue weighted by Gasteiger charge is 2.29. The first kappa shape index (κ1) is 19.8. The van der Waals surface area contributed by atoms with Crippen LogP contribution >= 0.6 is 0 Å². The Morgan fingerprint density at radius 2 is 1.89 bits per heavy atom. The molecular weight excluding hydrogens is 383 g/mol. The number of aromatic nitrogens is 1. The third-order valence-electron chi connectivity index (χ3n) is 4.07. The maximum atomic E-state index is 13.4. The number of carbonyl (C=O) groups excluding carboxylic acids is 1. The lowest BCUT2D eigenvalue weighted by Gasteiger charge is -2.24. The van der Waals surface area contributed by atoms with Crippen molar-refractivity contribution in [1.82, 2.24) is 4.98 Å². The van der Waals surface area contributed by atoms with Gasteiger partial charge in [0.1, 0.15) is 17.3 Å². The van der Waals surface area contributed by atoms with Crippen LogP contribution in [0.25, 0.3) is 10.9 Å². The van der Waals surface area contributed by atoms with Crippen LogP contribution in [0.3, 0.4) is 0 Å². The Balaban J connectivity index is 2.15. The first-order valence-electron chi connectivity index (χ1n) is 8.62. The van der Waals surface area contributed by atoms with E-state index in [1.165, 1.54) is 18.2 Å². The molecule has 0 saturated carbocycles. The molecule has 6 nitrogen and oxygen atoms in total. The van der Waals surface area contributed by atoms with Crippen molar-refractivity contribution < 1.29 is 22.3 Å². The molecule has 8 heteroatoms. The number of nitrogens with zero attached hydrogens (tertiary/aromatic N) is 2. The molecule has 0 atom stereocenters. The van der Waals surface area contributed by atoms with E-state index in [0.29, 0.717) is 10.9 Å². The maximum Gasteiger partial charge on any atom is 0.326 e. The number of para-hydroxylation sites is 1. The zero-order valence-corrected chi connectivity index (χ0v) is 16.2. The summed E-state index contributed by atoms with van der Waals surface area (Å²) in [6.07, 6.45) is 1.58. The number of benzene rings is 2. The van der Waals surface area contributed by atoms with E-state index in [-0.39, 0.29) is 17.2 Å². The second kappa shape index (κ2) is 7.93. The molecule has 1 heterocycles. The van der Waals surface area contributed by atoms with Gasteiger partial charge in [0.05, 0.1) is 17.8 Å². The first-order valence-corrected chi connectivity index (χ1v) is 10.1. The van der Waals surface area contributed by atoms with Gasteiger partial charge in [0, 0.05) is 11.6 Å². The van der Waals surface area contributed by atoms with Crippen LogP contribution in [0.1, 0.15) is 12.5 Å². The van der Waals surface area contributed by atoms with Crippen LogP contribution < -0.4 is 4.31 Å². The van der Waals surface area contributed by atoms with Crippen LogP contribution in [0.2, 0.25) is 0 Å². The Hall–Kier alpha value is -3.00. The van der Waals surface area contributed by atoms with E-state index in [2.05, 4.69) is 4.98 Å². The van der Waals surface area contributed by atoms with Gasteiger partial charge in [-0.05, 0) is 55.8 Å². The lowest BCUT2D eigenvalue weighted by atomic mass is 10.2. The van der Waals surface area contributed by atoms with Crippen molar-refractivity contribution >= 4 is 32.6 Å². The fourth-order valence-electron chi connectivity index (χ4n) is 2.82. The standard InChI is InChI=1S/C20H19FN2O4S/c1-3-27-19(24)13-23(17-9-7-16(21)8-10-17)28(25,26)18-6-4-5-15-11-14(2)12-22-20(15)18/h4-12H,3,13H2,1-2H3. The number of aryl methyl sites for hydroxylation is 1. The number of anilines is 1. The molecule has 2 aromatic carbocycles. The number of halogens is 1. The minimum Gasteiger partial charge on any atom is -0.465 e. The average molecular weight is 402 g/mol. The number of sulfonamides is 1. The predicted octanol–water partition coefficient (Wildman–Crippen LogP) is 3.44. The Labute approximate surface area is 162 Å². The molecule has 146 valence electrons. The molecule has 0 bridgehead atoms. The molecular formula is C20H19FN2O4S. The highest BCUT2D eigenvalue weighted by Crippen LogP contribution is 2.28. The summed E-state index contributed by atoms with van der Waals surface area (Å²) in [7, 11) is -4.17. The van der Waals surface area contributed by atoms with Crippen molar-refractivity contribution in [3.63, 3.8) is 0 Å². The van der Waals surface area contributed by atoms with Crippen LogP contribution in [0.5, 0.6) is 0 Å². The third-order valence-corrected chi connectivity index (χ3v) is 5.88. The zero-order valence-electron chi connectivity index (χ0n) is 15.4. The summed E-state index contributed by atoms with van der Waals surface area (Å²) in [6.45, 7) is 3.07. The number of carbonyl (C=O) groups is 1. The minimum atomic E-state index is -4.17. The number of fused-ring (bicyclic) bond motifs is 1. The highest BCUT2D eigenvalue weighted by molar-refractivity contribution is 7.93. The summed E-state index contributed by atoms with van der Waals surface area (Å²) in [5.74, 6) is -1.22. The predicted molar refractivity (Wildman–Crippen MR) is 104 cm³/mol. The van der Waals surface area contributed by atoms with E-state index < -0.39 is 28.4 Å². The van der Waals surface area contributed by atoms with Gasteiger partial charge in [-0.2, -0.15) is 0 Å². The van der Waals surface area contributed by atoms with E-state index in [1.54, 1.807) is 25.3 Å². The minimum absolute atomic E-state index is 0.0429. The topological polar surface area (TPSA) is 76.6 Å². The van der Waals surface area contributed by atoms with Crippen molar-refractivity contribution in [1.29, 1.82) is 0 Å². The normalized spacial score (nSPS) is 11.4. The van der Waals surface area contributed by atoms with E-state index in [1.807, 2.05) is 13.0 Å². The number of rotatable bonds is 6. The number of pyridine rings is 1. The molecule has 1 aromatic heterocycles. The van der Waals surface area contributed by atoms with E-state index in [0.717, 1.165) is 22.0 Å². The van der Waals surface area contributed by atoms with Crippen LogP contribution in [-0.4, -0.2) is 32.5 Å². The average Bonchev–Trinajstić information content (AvgIpc) is 2.66. The quantitative estimate of drug-likeness (QED) is 0.591. The summed E-state index contributed by atoms with van der Waals surface area (Å²) in [5, 5.41) is 0.663. The van der Waals surface area contributed by atoms with E-state index >= 15 is 0 Å². The van der Waals surface area contributed by atoms with Gasteiger partial charge in [-0.3, -0.25) is 14.1 Å². The second-order valence-electron chi connectivity index (χ2n) is 6.13. The van der Waals surface area contributed by atoms with Crippen LogP contribution in [-0.2, 0) is 19.6 Å². The lowest BCUT2D eigenvalue weighted by Crippen LogP contribution is -2.36. The number of hydrogen-bond acceptors (Lipinski definition) is 5. The molecule has 0 aliphatic heterocycles. The number of ether oxygens (including phenoxy) is 1. The largest absolute Gasteiger partial charge is 0.465 e. The molecule has 0 amide bonds. The molecule has 0 N–H and O–H groups in total. The van der Waals surface area contributed by atoms with Gasteiger partial charge in [0.15, 0.2) is 0 Å². The molecule has 0 fully saturated rings. The van der Waals surface area contributed by atoms with Crippen LogP contribution in [0.4, 0.5) is 10.1 Å². The lowest BCUT2D eigenvalue weighted by molar-refractivity contribution is -0.141. The SMILES string of the molecule is CCOC(=O)CN(c1ccc(F)cc1)S(=O)(=O)c1cccc2cc(C)cnc12. The van der Waals surface area contributed by atoms with Crippen molar-refractivity contribution in [2.45, 2.75) is 18.7 Å². The van der Waals surface area contributed by atoms with E-state index in [9.17, 15) is 17.6 Å². The van der Waals surface area contributed by atoms with Gasteiger partial charge in [-0.15, -0.1) is 0 Å². The molecule has 0 aliphatic rings. The summed E-state index contributed by atoms with van der Waals surface area (Å²) in [6, 6.07) is 11.5. The van der Waals surface area contributed by atoms with Gasteiger partial charge in [0.25, 0.3) is 10.0 Å². The third kappa shape index (κ3) is 3.96. The molecule has 0 saturated heterocycles. The molecule has 3 aromatic rings. The fourth-order valence-corrected chi connectivity index (χ4v) is 4.39. The van der Waals surface area contributed by atoms with Crippen LogP contribution in [0.15, 0.2) is 59.6 Å². The Bertz CT molecular complexity index is 1110. The van der Waals surface area contributed by atoms with Gasteiger partial charge >= 0.3 is 5.97 Å². The molecule has 0 radical (unpaired) electrons. The van der Waals surface area contributed by atoms with Crippen molar-refractivity contribution in [3.05, 3.63) is 66.1 Å². The van der Waals surface area contributed by atoms with Crippen molar-refractivity contribution in [2.24, 2.45) is 0 Å². The van der Waals surface area contributed by atoms with Crippen LogP contribution in [0, 0.1) is 12.7 Å². The summed E-state index contributed by atoms with van der Waals surface area (Å²) in [5.41, 5.74) is 1.34. The first-order chi connectivity index (χ1) is 13.3. The monoisotopic (exact) mass is 402 g/mol. The van der Waals surface area contributed by atoms with Gasteiger partial charge in [0.2, 0.25) is 0 Å². The molecule has 28 heavy (non-hydrogen) atoms. The second-order valence-corrected chi connectivity index (χ2v) is 7.96. The molecule has 0 unspecified atom stereocenters. The summed E-state index contributed by atoms with van der Waals surface area (Å²) < 4.78 is 46.0. The Kier molecular flexibility index (Phi) is 5.60. The van der Waals surface area contributed by atoms with Crippen molar-refractivity contribution in [3.8, 4) is 0 Å². The molecule has 3 rings (SSSR count). The highest BCUT2D eigenvalue weighted by atomic mass is 32.2. The van der Waals surface area contributed by atoms with Gasteiger partial charge in [-0.25, -0.2) is 12.8 Å². The van der Waals surface area contributed by atoms with E-state index in [4.69, 9.17) is 4.74 Å². The van der Waals surface area contributed by atoms with Gasteiger partial charge in [-0.1, -0.05) is 12.1 Å². The molecule has 0 aliphatic carbocycles. The fraction of sp³-hybridized carbons (Fsp3) is 0.200. The smallest absolute Gasteiger partial charge is 0.326 e. The number of esters is 1.